The average Bonchev–Trinajstić information content (AvgIpc) is 2.75. The van der Waals surface area contributed by atoms with Crippen LogP contribution in [-0.4, -0.2) is 48.5 Å². The lowest BCUT2D eigenvalue weighted by Gasteiger charge is -2.25. The van der Waals surface area contributed by atoms with Crippen molar-refractivity contribution in [2.45, 2.75) is 45.3 Å². The van der Waals surface area contributed by atoms with Crippen molar-refractivity contribution in [3.63, 3.8) is 0 Å². The summed E-state index contributed by atoms with van der Waals surface area (Å²) >= 11 is 0. The van der Waals surface area contributed by atoms with E-state index in [1.807, 2.05) is 11.9 Å². The normalized spacial score (nSPS) is 21.4. The molecule has 1 saturated heterocycles. The molecule has 1 aliphatic heterocycles. The lowest BCUT2D eigenvalue weighted by atomic mass is 10.1. The van der Waals surface area contributed by atoms with Gasteiger partial charge in [-0.3, -0.25) is 4.98 Å². The predicted molar refractivity (Wildman–Crippen MR) is 84.1 cm³/mol. The SMILES string of the molecule is CN(c1cncc(CNC(C)(C)C)n1)C1CCS(=O)(=O)C1. The van der Waals surface area contributed by atoms with Crippen LogP contribution in [0, 0.1) is 0 Å². The van der Waals surface area contributed by atoms with Gasteiger partial charge in [0.1, 0.15) is 5.82 Å². The van der Waals surface area contributed by atoms with Crippen molar-refractivity contribution in [1.82, 2.24) is 15.3 Å². The Balaban J connectivity index is 2.06. The zero-order valence-corrected chi connectivity index (χ0v) is 13.9. The van der Waals surface area contributed by atoms with Gasteiger partial charge in [0.15, 0.2) is 9.84 Å². The van der Waals surface area contributed by atoms with Crippen molar-refractivity contribution in [3.05, 3.63) is 18.1 Å². The molecule has 0 aliphatic carbocycles. The van der Waals surface area contributed by atoms with Crippen LogP contribution in [0.3, 0.4) is 0 Å². The highest BCUT2D eigenvalue weighted by atomic mass is 32.2. The minimum atomic E-state index is -2.89. The Bertz CT molecular complexity index is 595. The third-order valence-corrected chi connectivity index (χ3v) is 5.34. The van der Waals surface area contributed by atoms with E-state index in [2.05, 4.69) is 36.1 Å². The molecule has 21 heavy (non-hydrogen) atoms. The van der Waals surface area contributed by atoms with Crippen LogP contribution in [0.2, 0.25) is 0 Å². The minimum absolute atomic E-state index is 0.00451. The molecule has 0 saturated carbocycles. The summed E-state index contributed by atoms with van der Waals surface area (Å²) in [5.74, 6) is 1.20. The highest BCUT2D eigenvalue weighted by Crippen LogP contribution is 2.21. The molecule has 0 aromatic carbocycles. The number of nitrogens with one attached hydrogen (secondary N) is 1. The smallest absolute Gasteiger partial charge is 0.152 e. The standard InChI is InChI=1S/C14H24N4O2S/c1-14(2,3)16-8-11-7-15-9-13(17-11)18(4)12-5-6-21(19,20)10-12/h7,9,12,16H,5-6,8,10H2,1-4H3. The molecule has 1 atom stereocenters. The Morgan fingerprint density at radius 3 is 2.67 bits per heavy atom. The number of anilines is 1. The summed E-state index contributed by atoms with van der Waals surface area (Å²) in [5, 5.41) is 3.37. The second-order valence-corrected chi connectivity index (χ2v) is 8.87. The Kier molecular flexibility index (Phi) is 4.53. The van der Waals surface area contributed by atoms with Crippen LogP contribution < -0.4 is 10.2 Å². The Morgan fingerprint density at radius 2 is 2.10 bits per heavy atom. The molecular formula is C14H24N4O2S. The second-order valence-electron chi connectivity index (χ2n) is 6.64. The molecule has 118 valence electrons. The van der Waals surface area contributed by atoms with Gasteiger partial charge in [-0.1, -0.05) is 0 Å². The largest absolute Gasteiger partial charge is 0.354 e. The molecule has 1 aliphatic rings. The Labute approximate surface area is 126 Å². The molecular weight excluding hydrogens is 288 g/mol. The van der Waals surface area contributed by atoms with Gasteiger partial charge in [-0.25, -0.2) is 13.4 Å². The molecule has 2 heterocycles. The first-order valence-electron chi connectivity index (χ1n) is 7.15. The van der Waals surface area contributed by atoms with Gasteiger partial charge in [0.25, 0.3) is 0 Å². The first-order chi connectivity index (χ1) is 9.66. The van der Waals surface area contributed by atoms with E-state index in [1.165, 1.54) is 0 Å². The van der Waals surface area contributed by atoms with E-state index in [0.29, 0.717) is 13.0 Å². The lowest BCUT2D eigenvalue weighted by molar-refractivity contribution is 0.421. The zero-order chi connectivity index (χ0) is 15.7. The van der Waals surface area contributed by atoms with Crippen LogP contribution in [0.25, 0.3) is 0 Å². The number of sulfone groups is 1. The van der Waals surface area contributed by atoms with Crippen molar-refractivity contribution in [2.24, 2.45) is 0 Å². The van der Waals surface area contributed by atoms with E-state index in [-0.39, 0.29) is 23.1 Å². The van der Waals surface area contributed by atoms with Gasteiger partial charge < -0.3 is 10.2 Å². The van der Waals surface area contributed by atoms with E-state index >= 15 is 0 Å². The van der Waals surface area contributed by atoms with E-state index in [0.717, 1.165) is 11.5 Å². The van der Waals surface area contributed by atoms with Gasteiger partial charge in [0.2, 0.25) is 0 Å². The fraction of sp³-hybridized carbons (Fsp3) is 0.714. The van der Waals surface area contributed by atoms with Gasteiger partial charge in [-0.05, 0) is 27.2 Å². The fourth-order valence-electron chi connectivity index (χ4n) is 2.27. The quantitative estimate of drug-likeness (QED) is 0.893. The summed E-state index contributed by atoms with van der Waals surface area (Å²) in [7, 11) is -1.00. The van der Waals surface area contributed by atoms with Crippen LogP contribution in [0.1, 0.15) is 32.9 Å². The van der Waals surface area contributed by atoms with Gasteiger partial charge in [-0.15, -0.1) is 0 Å². The Hall–Kier alpha value is -1.21. The van der Waals surface area contributed by atoms with Crippen LogP contribution in [0.4, 0.5) is 5.82 Å². The van der Waals surface area contributed by atoms with Crippen molar-refractivity contribution in [2.75, 3.05) is 23.5 Å². The number of nitrogens with zero attached hydrogens (tertiary/aromatic N) is 3. The maximum atomic E-state index is 11.6. The second kappa shape index (κ2) is 5.88. The first kappa shape index (κ1) is 16.2. The predicted octanol–water partition coefficient (Wildman–Crippen LogP) is 0.988. The van der Waals surface area contributed by atoms with Crippen LogP contribution in [0.15, 0.2) is 12.4 Å². The molecule has 1 aromatic rings. The molecule has 1 fully saturated rings. The fourth-order valence-corrected chi connectivity index (χ4v) is 4.05. The van der Waals surface area contributed by atoms with Gasteiger partial charge >= 0.3 is 0 Å². The molecule has 7 heteroatoms. The molecule has 6 nitrogen and oxygen atoms in total. The van der Waals surface area contributed by atoms with Gasteiger partial charge in [0, 0.05) is 31.4 Å². The monoisotopic (exact) mass is 312 g/mol. The van der Waals surface area contributed by atoms with Crippen LogP contribution in [-0.2, 0) is 16.4 Å². The van der Waals surface area contributed by atoms with E-state index in [9.17, 15) is 8.42 Å². The van der Waals surface area contributed by atoms with Crippen molar-refractivity contribution < 1.29 is 8.42 Å². The maximum absolute atomic E-state index is 11.6. The topological polar surface area (TPSA) is 75.2 Å². The molecule has 1 unspecified atom stereocenters. The summed E-state index contributed by atoms with van der Waals surface area (Å²) in [6.07, 6.45) is 4.08. The van der Waals surface area contributed by atoms with Gasteiger partial charge in [-0.2, -0.15) is 0 Å². The van der Waals surface area contributed by atoms with Crippen molar-refractivity contribution in [3.8, 4) is 0 Å². The zero-order valence-electron chi connectivity index (χ0n) is 13.1. The van der Waals surface area contributed by atoms with Crippen LogP contribution in [0.5, 0.6) is 0 Å². The lowest BCUT2D eigenvalue weighted by Crippen LogP contribution is -2.36. The minimum Gasteiger partial charge on any atom is -0.354 e. The van der Waals surface area contributed by atoms with E-state index < -0.39 is 9.84 Å². The third-order valence-electron chi connectivity index (χ3n) is 3.59. The number of hydrogen-bond donors (Lipinski definition) is 1. The maximum Gasteiger partial charge on any atom is 0.152 e. The van der Waals surface area contributed by atoms with Crippen molar-refractivity contribution >= 4 is 15.7 Å². The molecule has 0 amide bonds. The third kappa shape index (κ3) is 4.64. The summed E-state index contributed by atoms with van der Waals surface area (Å²) in [6, 6.07) is -0.00451. The molecule has 0 bridgehead atoms. The number of hydrogen-bond acceptors (Lipinski definition) is 6. The highest BCUT2D eigenvalue weighted by Gasteiger charge is 2.31. The molecule has 0 radical (unpaired) electrons. The number of aromatic nitrogens is 2. The van der Waals surface area contributed by atoms with E-state index in [1.54, 1.807) is 12.4 Å². The summed E-state index contributed by atoms with van der Waals surface area (Å²) in [5.41, 5.74) is 0.874. The summed E-state index contributed by atoms with van der Waals surface area (Å²) in [4.78, 5) is 10.7. The Morgan fingerprint density at radius 1 is 1.38 bits per heavy atom. The number of rotatable bonds is 4. The molecule has 1 aromatic heterocycles. The highest BCUT2D eigenvalue weighted by molar-refractivity contribution is 7.91. The molecule has 0 spiro atoms. The average molecular weight is 312 g/mol. The first-order valence-corrected chi connectivity index (χ1v) is 8.98. The van der Waals surface area contributed by atoms with Gasteiger partial charge in [0.05, 0.1) is 23.4 Å². The summed E-state index contributed by atoms with van der Waals surface area (Å²) < 4.78 is 23.2. The van der Waals surface area contributed by atoms with Crippen LogP contribution >= 0.6 is 0 Å². The molecule has 2 rings (SSSR count). The van der Waals surface area contributed by atoms with E-state index in [4.69, 9.17) is 0 Å². The summed E-state index contributed by atoms with van der Waals surface area (Å²) in [6.45, 7) is 6.93. The van der Waals surface area contributed by atoms with Crippen molar-refractivity contribution in [1.29, 1.82) is 0 Å². The molecule has 1 N–H and O–H groups in total.